The molecule has 3 N–H and O–H groups in total. The maximum absolute atomic E-state index is 13.1. The standard InChI is InChI=1S/C38H51N5O5/c1-6-28(7-2)40-37(45)41-30-15-20-34(35(26-30)46-5)47-32-18-13-29(14-19-32)39-36(44)27-11-16-33(17-12-27)48-38-22-8-10-31(21-23-38)43(38)25-9-24-42(3)4/h11-20,26,28,31H,6-10,21-25H2,1-5H3,(H,39,44)(H2,40,41,45). The van der Waals surface area contributed by atoms with E-state index in [9.17, 15) is 9.59 Å². The highest BCUT2D eigenvalue weighted by molar-refractivity contribution is 6.04. The first-order chi connectivity index (χ1) is 23.2. The quantitative estimate of drug-likeness (QED) is 0.154. The van der Waals surface area contributed by atoms with Gasteiger partial charge in [0.15, 0.2) is 17.2 Å². The number of nitrogens with one attached hydrogen (secondary N) is 3. The number of urea groups is 1. The van der Waals surface area contributed by atoms with Crippen molar-refractivity contribution in [3.8, 4) is 23.0 Å². The summed E-state index contributed by atoms with van der Waals surface area (Å²) in [5.41, 5.74) is 1.56. The van der Waals surface area contributed by atoms with Gasteiger partial charge in [-0.15, -0.1) is 0 Å². The van der Waals surface area contributed by atoms with Crippen molar-refractivity contribution in [1.29, 1.82) is 0 Å². The molecule has 2 saturated heterocycles. The number of hydrogen-bond donors (Lipinski definition) is 3. The number of carbonyl (C=O) groups is 2. The molecule has 2 bridgehead atoms. The van der Waals surface area contributed by atoms with Gasteiger partial charge >= 0.3 is 6.03 Å². The third-order valence-electron chi connectivity index (χ3n) is 9.45. The van der Waals surface area contributed by atoms with Crippen LogP contribution in [0.1, 0.15) is 75.6 Å². The number of carbonyl (C=O) groups excluding carboxylic acids is 2. The second-order valence-corrected chi connectivity index (χ2v) is 13.1. The summed E-state index contributed by atoms with van der Waals surface area (Å²) in [5, 5.41) is 8.77. The molecule has 2 atom stereocenters. The van der Waals surface area contributed by atoms with Gasteiger partial charge in [-0.1, -0.05) is 13.8 Å². The van der Waals surface area contributed by atoms with Crippen LogP contribution in [0.5, 0.6) is 23.0 Å². The lowest BCUT2D eigenvalue weighted by molar-refractivity contribution is -0.0980. The number of rotatable bonds is 15. The van der Waals surface area contributed by atoms with Crippen LogP contribution in [0.3, 0.4) is 0 Å². The normalized spacial score (nSPS) is 18.9. The predicted octanol–water partition coefficient (Wildman–Crippen LogP) is 7.73. The summed E-state index contributed by atoms with van der Waals surface area (Å²) in [6.45, 7) is 6.20. The Morgan fingerprint density at radius 1 is 0.896 bits per heavy atom. The Kier molecular flexibility index (Phi) is 11.8. The van der Waals surface area contributed by atoms with Crippen LogP contribution in [0.25, 0.3) is 0 Å². The van der Waals surface area contributed by atoms with Gasteiger partial charge in [-0.25, -0.2) is 4.79 Å². The topological polar surface area (TPSA) is 104 Å². The number of piperidine rings is 1. The van der Waals surface area contributed by atoms with E-state index in [0.29, 0.717) is 40.2 Å². The molecule has 5 rings (SSSR count). The Hall–Kier alpha value is -4.28. The lowest BCUT2D eigenvalue weighted by Crippen LogP contribution is -2.54. The van der Waals surface area contributed by atoms with Gasteiger partial charge in [0.2, 0.25) is 0 Å². The van der Waals surface area contributed by atoms with Crippen LogP contribution >= 0.6 is 0 Å². The maximum atomic E-state index is 13.1. The Labute approximate surface area is 285 Å². The highest BCUT2D eigenvalue weighted by Crippen LogP contribution is 2.45. The summed E-state index contributed by atoms with van der Waals surface area (Å²) in [6.07, 6.45) is 8.57. The van der Waals surface area contributed by atoms with Gasteiger partial charge in [0, 0.05) is 54.5 Å². The molecule has 2 fully saturated rings. The number of fused-ring (bicyclic) bond motifs is 2. The molecular formula is C38H51N5O5. The van der Waals surface area contributed by atoms with E-state index in [1.165, 1.54) is 19.3 Å². The van der Waals surface area contributed by atoms with Crippen molar-refractivity contribution in [2.24, 2.45) is 0 Å². The molecule has 0 saturated carbocycles. The van der Waals surface area contributed by atoms with Gasteiger partial charge in [0.05, 0.1) is 7.11 Å². The number of ether oxygens (including phenoxy) is 3. The van der Waals surface area contributed by atoms with E-state index in [-0.39, 0.29) is 23.7 Å². The summed E-state index contributed by atoms with van der Waals surface area (Å²) >= 11 is 0. The molecule has 2 aliphatic rings. The van der Waals surface area contributed by atoms with E-state index in [1.54, 1.807) is 49.6 Å². The van der Waals surface area contributed by atoms with Crippen molar-refractivity contribution in [3.05, 3.63) is 72.3 Å². The summed E-state index contributed by atoms with van der Waals surface area (Å²) in [5.74, 6) is 2.16. The zero-order chi connectivity index (χ0) is 34.1. The first kappa shape index (κ1) is 35.0. The Morgan fingerprint density at radius 3 is 2.29 bits per heavy atom. The molecule has 2 heterocycles. The van der Waals surface area contributed by atoms with E-state index in [0.717, 1.165) is 50.9 Å². The number of benzene rings is 3. The first-order valence-electron chi connectivity index (χ1n) is 17.3. The Morgan fingerprint density at radius 2 is 1.60 bits per heavy atom. The van der Waals surface area contributed by atoms with E-state index < -0.39 is 0 Å². The second kappa shape index (κ2) is 16.2. The third kappa shape index (κ3) is 8.79. The molecule has 258 valence electrons. The van der Waals surface area contributed by atoms with Crippen LogP contribution in [0.2, 0.25) is 0 Å². The highest BCUT2D eigenvalue weighted by atomic mass is 16.5. The van der Waals surface area contributed by atoms with Gasteiger partial charge < -0.3 is 35.1 Å². The Bertz CT molecular complexity index is 1500. The minimum Gasteiger partial charge on any atom is -0.493 e. The van der Waals surface area contributed by atoms with Crippen LogP contribution in [0.4, 0.5) is 16.2 Å². The van der Waals surface area contributed by atoms with Gasteiger partial charge in [-0.3, -0.25) is 9.69 Å². The minimum absolute atomic E-state index is 0.123. The summed E-state index contributed by atoms with van der Waals surface area (Å²) in [4.78, 5) is 30.3. The molecule has 0 radical (unpaired) electrons. The average molecular weight is 658 g/mol. The number of hydrogen-bond acceptors (Lipinski definition) is 7. The van der Waals surface area contributed by atoms with Gasteiger partial charge in [-0.05, 0) is 120 Å². The number of amides is 3. The largest absolute Gasteiger partial charge is 0.493 e. The molecule has 10 nitrogen and oxygen atoms in total. The van der Waals surface area contributed by atoms with Gasteiger partial charge in [0.25, 0.3) is 5.91 Å². The molecule has 3 amide bonds. The minimum atomic E-state index is -0.259. The molecule has 2 unspecified atom stereocenters. The second-order valence-electron chi connectivity index (χ2n) is 13.1. The first-order valence-corrected chi connectivity index (χ1v) is 17.3. The van der Waals surface area contributed by atoms with Crippen molar-refractivity contribution in [1.82, 2.24) is 15.1 Å². The van der Waals surface area contributed by atoms with E-state index in [2.05, 4.69) is 39.8 Å². The van der Waals surface area contributed by atoms with Crippen LogP contribution < -0.4 is 30.2 Å². The third-order valence-corrected chi connectivity index (χ3v) is 9.45. The zero-order valence-corrected chi connectivity index (χ0v) is 29.0. The Balaban J connectivity index is 1.15. The lowest BCUT2D eigenvalue weighted by atomic mass is 9.99. The average Bonchev–Trinajstić information content (AvgIpc) is 3.26. The van der Waals surface area contributed by atoms with Crippen LogP contribution in [-0.2, 0) is 0 Å². The monoisotopic (exact) mass is 657 g/mol. The van der Waals surface area contributed by atoms with Gasteiger partial charge in [-0.2, -0.15) is 0 Å². The molecule has 3 aromatic carbocycles. The molecule has 3 aromatic rings. The van der Waals surface area contributed by atoms with Crippen LogP contribution in [0.15, 0.2) is 66.7 Å². The fourth-order valence-corrected chi connectivity index (χ4v) is 6.82. The van der Waals surface area contributed by atoms with Crippen molar-refractivity contribution < 1.29 is 23.8 Å². The summed E-state index contributed by atoms with van der Waals surface area (Å²) in [7, 11) is 5.79. The molecule has 0 aliphatic carbocycles. The zero-order valence-electron chi connectivity index (χ0n) is 29.0. The SMILES string of the molecule is CCC(CC)NC(=O)Nc1ccc(Oc2ccc(NC(=O)c3ccc(OC45CCCC(CC4)N5CCCN(C)C)cc3)cc2)c(OC)c1. The van der Waals surface area contributed by atoms with Gasteiger partial charge in [0.1, 0.15) is 11.5 Å². The van der Waals surface area contributed by atoms with E-state index in [1.807, 2.05) is 38.1 Å². The van der Waals surface area contributed by atoms with Crippen LogP contribution in [-0.4, -0.2) is 73.8 Å². The maximum Gasteiger partial charge on any atom is 0.319 e. The molecule has 2 aliphatic heterocycles. The number of nitrogens with zero attached hydrogens (tertiary/aromatic N) is 2. The number of anilines is 2. The van der Waals surface area contributed by atoms with Crippen LogP contribution in [0, 0.1) is 0 Å². The van der Waals surface area contributed by atoms with Crippen molar-refractivity contribution in [2.45, 2.75) is 83.0 Å². The smallest absolute Gasteiger partial charge is 0.319 e. The molecule has 10 heteroatoms. The number of methoxy groups -OCH3 is 1. The fourth-order valence-electron chi connectivity index (χ4n) is 6.82. The lowest BCUT2D eigenvalue weighted by Gasteiger charge is -2.44. The highest BCUT2D eigenvalue weighted by Gasteiger charge is 2.50. The summed E-state index contributed by atoms with van der Waals surface area (Å²) in [6, 6.07) is 20.3. The summed E-state index contributed by atoms with van der Waals surface area (Å²) < 4.78 is 18.3. The van der Waals surface area contributed by atoms with Crippen molar-refractivity contribution >= 4 is 23.3 Å². The molecule has 48 heavy (non-hydrogen) atoms. The van der Waals surface area contributed by atoms with Crippen molar-refractivity contribution in [3.63, 3.8) is 0 Å². The fraction of sp³-hybridized carbons (Fsp3) is 0.474. The molecule has 0 aromatic heterocycles. The van der Waals surface area contributed by atoms with E-state index >= 15 is 0 Å². The van der Waals surface area contributed by atoms with E-state index in [4.69, 9.17) is 14.2 Å². The molecule has 0 spiro atoms. The van der Waals surface area contributed by atoms with Crippen molar-refractivity contribution in [2.75, 3.05) is 44.9 Å². The predicted molar refractivity (Wildman–Crippen MR) is 191 cm³/mol. The molecular weight excluding hydrogens is 606 g/mol.